The number of hydrogen-bond donors (Lipinski definition) is 2. The van der Waals surface area contributed by atoms with Crippen LogP contribution in [0.25, 0.3) is 10.9 Å². The highest BCUT2D eigenvalue weighted by Crippen LogP contribution is 2.24. The Balaban J connectivity index is 1.83. The second-order valence-electron chi connectivity index (χ2n) is 5.72. The fourth-order valence-electron chi connectivity index (χ4n) is 2.85. The van der Waals surface area contributed by atoms with Crippen LogP contribution in [0.15, 0.2) is 42.5 Å². The van der Waals surface area contributed by atoms with Gasteiger partial charge in [-0.3, -0.25) is 9.59 Å². The summed E-state index contributed by atoms with van der Waals surface area (Å²) in [6, 6.07) is 12.7. The molecular formula is C19H17ClN2O2. The molecule has 0 fully saturated rings. The number of H-pyrrole nitrogens is 1. The first-order chi connectivity index (χ1) is 11.5. The number of aromatic nitrogens is 1. The molecule has 0 aliphatic heterocycles. The molecule has 0 atom stereocenters. The molecule has 1 aromatic heterocycles. The van der Waals surface area contributed by atoms with Crippen molar-refractivity contribution in [3.63, 3.8) is 0 Å². The lowest BCUT2D eigenvalue weighted by Crippen LogP contribution is -2.22. The molecule has 24 heavy (non-hydrogen) atoms. The van der Waals surface area contributed by atoms with Crippen LogP contribution in [0.4, 0.5) is 0 Å². The van der Waals surface area contributed by atoms with Crippen LogP contribution in [-0.2, 0) is 6.54 Å². The second-order valence-corrected chi connectivity index (χ2v) is 6.12. The highest BCUT2D eigenvalue weighted by atomic mass is 35.5. The molecule has 1 heterocycles. The van der Waals surface area contributed by atoms with Crippen LogP contribution in [0, 0.1) is 6.92 Å². The first-order valence-corrected chi connectivity index (χ1v) is 8.00. The Morgan fingerprint density at radius 3 is 2.62 bits per heavy atom. The summed E-state index contributed by atoms with van der Waals surface area (Å²) < 4.78 is 0. The molecule has 0 spiro atoms. The molecule has 0 aliphatic carbocycles. The van der Waals surface area contributed by atoms with E-state index in [2.05, 4.69) is 10.3 Å². The normalized spacial score (nSPS) is 10.8. The van der Waals surface area contributed by atoms with Gasteiger partial charge in [-0.15, -0.1) is 0 Å². The van der Waals surface area contributed by atoms with E-state index >= 15 is 0 Å². The zero-order chi connectivity index (χ0) is 17.3. The highest BCUT2D eigenvalue weighted by Gasteiger charge is 2.14. The maximum atomic E-state index is 12.4. The van der Waals surface area contributed by atoms with E-state index in [9.17, 15) is 9.59 Å². The summed E-state index contributed by atoms with van der Waals surface area (Å²) in [5, 5.41) is 4.32. The van der Waals surface area contributed by atoms with Crippen molar-refractivity contribution >= 4 is 34.2 Å². The molecule has 2 N–H and O–H groups in total. The Kier molecular flexibility index (Phi) is 4.40. The van der Waals surface area contributed by atoms with Crippen LogP contribution in [0.5, 0.6) is 0 Å². The Bertz CT molecular complexity index is 944. The third-order valence-electron chi connectivity index (χ3n) is 4.00. The molecule has 3 rings (SSSR count). The number of aromatic amines is 1. The minimum absolute atomic E-state index is 0.00895. The van der Waals surface area contributed by atoms with Crippen molar-refractivity contribution in [3.05, 3.63) is 69.9 Å². The molecule has 1 amide bonds. The van der Waals surface area contributed by atoms with E-state index in [1.165, 1.54) is 0 Å². The molecule has 0 aliphatic rings. The SMILES string of the molecule is CC(=O)c1c(C)[nH]c2cc(C(=O)NCc3ccccc3Cl)ccc12. The van der Waals surface area contributed by atoms with Crippen molar-refractivity contribution in [2.24, 2.45) is 0 Å². The van der Waals surface area contributed by atoms with Crippen molar-refractivity contribution in [3.8, 4) is 0 Å². The van der Waals surface area contributed by atoms with Crippen molar-refractivity contribution in [2.75, 3.05) is 0 Å². The van der Waals surface area contributed by atoms with Gasteiger partial charge >= 0.3 is 0 Å². The van der Waals surface area contributed by atoms with Crippen LogP contribution in [-0.4, -0.2) is 16.7 Å². The Morgan fingerprint density at radius 2 is 1.92 bits per heavy atom. The quantitative estimate of drug-likeness (QED) is 0.697. The maximum absolute atomic E-state index is 12.4. The average Bonchev–Trinajstić information content (AvgIpc) is 2.88. The standard InChI is InChI=1S/C19H17ClN2O2/c1-11-18(12(2)23)15-8-7-13(9-17(15)22-11)19(24)21-10-14-5-3-4-6-16(14)20/h3-9,22H,10H2,1-2H3,(H,21,24). The molecule has 0 saturated heterocycles. The fraction of sp³-hybridized carbons (Fsp3) is 0.158. The summed E-state index contributed by atoms with van der Waals surface area (Å²) in [4.78, 5) is 27.3. The summed E-state index contributed by atoms with van der Waals surface area (Å²) in [6.07, 6.45) is 0. The van der Waals surface area contributed by atoms with Crippen LogP contribution in [0.2, 0.25) is 5.02 Å². The fourth-order valence-corrected chi connectivity index (χ4v) is 3.05. The number of aryl methyl sites for hydroxylation is 1. The number of nitrogens with one attached hydrogen (secondary N) is 2. The van der Waals surface area contributed by atoms with E-state index in [1.54, 1.807) is 31.2 Å². The number of ketones is 1. The van der Waals surface area contributed by atoms with E-state index in [-0.39, 0.29) is 11.7 Å². The molecule has 122 valence electrons. The van der Waals surface area contributed by atoms with Crippen LogP contribution < -0.4 is 5.32 Å². The predicted molar refractivity (Wildman–Crippen MR) is 95.7 cm³/mol. The molecule has 0 unspecified atom stereocenters. The largest absolute Gasteiger partial charge is 0.358 e. The van der Waals surface area contributed by atoms with Gasteiger partial charge in [0.05, 0.1) is 0 Å². The molecule has 4 nitrogen and oxygen atoms in total. The molecule has 0 bridgehead atoms. The van der Waals surface area contributed by atoms with Gasteiger partial charge < -0.3 is 10.3 Å². The second kappa shape index (κ2) is 6.49. The predicted octanol–water partition coefficient (Wildman–Crippen LogP) is 4.26. The van der Waals surface area contributed by atoms with Gasteiger partial charge in [-0.25, -0.2) is 0 Å². The average molecular weight is 341 g/mol. The van der Waals surface area contributed by atoms with E-state index in [0.29, 0.717) is 22.7 Å². The van der Waals surface area contributed by atoms with Gasteiger partial charge in [0, 0.05) is 39.3 Å². The molecule has 0 radical (unpaired) electrons. The molecular weight excluding hydrogens is 324 g/mol. The van der Waals surface area contributed by atoms with E-state index in [4.69, 9.17) is 11.6 Å². The van der Waals surface area contributed by atoms with E-state index in [1.807, 2.05) is 25.1 Å². The number of hydrogen-bond acceptors (Lipinski definition) is 2. The molecule has 0 saturated carbocycles. The third kappa shape index (κ3) is 3.05. The highest BCUT2D eigenvalue weighted by molar-refractivity contribution is 6.31. The number of carbonyl (C=O) groups is 2. The van der Waals surface area contributed by atoms with Crippen LogP contribution in [0.1, 0.15) is 38.9 Å². The number of fused-ring (bicyclic) bond motifs is 1. The summed E-state index contributed by atoms with van der Waals surface area (Å²) in [7, 11) is 0. The number of benzene rings is 2. The Morgan fingerprint density at radius 1 is 1.17 bits per heavy atom. The topological polar surface area (TPSA) is 62.0 Å². The number of Topliss-reactive ketones (excluding diaryl/α,β-unsaturated/α-hetero) is 1. The lowest BCUT2D eigenvalue weighted by molar-refractivity contribution is 0.0950. The smallest absolute Gasteiger partial charge is 0.251 e. The van der Waals surface area contributed by atoms with Gasteiger partial charge in [0.1, 0.15) is 0 Å². The summed E-state index contributed by atoms with van der Waals surface area (Å²) in [5.41, 5.74) is 3.66. The molecule has 5 heteroatoms. The Labute approximate surface area is 144 Å². The van der Waals surface area contributed by atoms with Crippen LogP contribution in [0.3, 0.4) is 0 Å². The lowest BCUT2D eigenvalue weighted by Gasteiger charge is -2.07. The van der Waals surface area contributed by atoms with Crippen molar-refractivity contribution in [2.45, 2.75) is 20.4 Å². The zero-order valence-electron chi connectivity index (χ0n) is 13.4. The summed E-state index contributed by atoms with van der Waals surface area (Å²) in [5.74, 6) is -0.178. The van der Waals surface area contributed by atoms with E-state index in [0.717, 1.165) is 22.2 Å². The number of carbonyl (C=O) groups excluding carboxylic acids is 2. The van der Waals surface area contributed by atoms with E-state index < -0.39 is 0 Å². The first kappa shape index (κ1) is 16.3. The monoisotopic (exact) mass is 340 g/mol. The minimum Gasteiger partial charge on any atom is -0.358 e. The number of rotatable bonds is 4. The van der Waals surface area contributed by atoms with Crippen LogP contribution >= 0.6 is 11.6 Å². The minimum atomic E-state index is -0.187. The summed E-state index contributed by atoms with van der Waals surface area (Å²) >= 11 is 6.09. The van der Waals surface area contributed by atoms with Crippen molar-refractivity contribution in [1.29, 1.82) is 0 Å². The van der Waals surface area contributed by atoms with Gasteiger partial charge in [-0.2, -0.15) is 0 Å². The molecule has 3 aromatic rings. The first-order valence-electron chi connectivity index (χ1n) is 7.62. The number of halogens is 1. The zero-order valence-corrected chi connectivity index (χ0v) is 14.2. The lowest BCUT2D eigenvalue weighted by atomic mass is 10.1. The van der Waals surface area contributed by atoms with Gasteiger partial charge in [-0.1, -0.05) is 35.9 Å². The van der Waals surface area contributed by atoms with Gasteiger partial charge in [-0.05, 0) is 37.6 Å². The molecule has 2 aromatic carbocycles. The third-order valence-corrected chi connectivity index (χ3v) is 4.37. The van der Waals surface area contributed by atoms with Gasteiger partial charge in [0.2, 0.25) is 0 Å². The summed E-state index contributed by atoms with van der Waals surface area (Å²) in [6.45, 7) is 3.76. The number of amides is 1. The van der Waals surface area contributed by atoms with Gasteiger partial charge in [0.15, 0.2) is 5.78 Å². The van der Waals surface area contributed by atoms with Gasteiger partial charge in [0.25, 0.3) is 5.91 Å². The van der Waals surface area contributed by atoms with Crippen molar-refractivity contribution < 1.29 is 9.59 Å². The van der Waals surface area contributed by atoms with Crippen molar-refractivity contribution in [1.82, 2.24) is 10.3 Å². The maximum Gasteiger partial charge on any atom is 0.251 e. The Hall–Kier alpha value is -2.59.